The van der Waals surface area contributed by atoms with Gasteiger partial charge in [0.2, 0.25) is 10.7 Å². The second-order valence-electron chi connectivity index (χ2n) is 5.49. The number of nitrogens with one attached hydrogen (secondary N) is 2. The molecule has 0 radical (unpaired) electrons. The fraction of sp³-hybridized carbons (Fsp3) is 0.429. The number of aromatic amines is 1. The number of carbonyl (C=O) groups excluding carboxylic acids is 1. The molecule has 2 aromatic rings. The number of amides is 1. The van der Waals surface area contributed by atoms with E-state index in [0.29, 0.717) is 17.0 Å². The number of likely N-dealkylation sites (N-methyl/N-ethyl adjacent to an activating group) is 1. The van der Waals surface area contributed by atoms with Crippen LogP contribution in [0.2, 0.25) is 0 Å². The number of hydrogen-bond acceptors (Lipinski definition) is 6. The highest BCUT2D eigenvalue weighted by Gasteiger charge is 2.18. The molecule has 0 aliphatic carbocycles. The molecule has 1 aromatic carbocycles. The molecule has 122 valence electrons. The van der Waals surface area contributed by atoms with Gasteiger partial charge < -0.3 is 5.32 Å². The monoisotopic (exact) mass is 333 g/mol. The van der Waals surface area contributed by atoms with E-state index in [1.807, 2.05) is 36.3 Å². The quantitative estimate of drug-likeness (QED) is 0.800. The van der Waals surface area contributed by atoms with Crippen LogP contribution < -0.4 is 5.32 Å². The van der Waals surface area contributed by atoms with Crippen LogP contribution in [-0.4, -0.2) is 62.8 Å². The Morgan fingerprint density at radius 3 is 2.91 bits per heavy atom. The maximum absolute atomic E-state index is 12.2. The summed E-state index contributed by atoms with van der Waals surface area (Å²) in [6, 6.07) is 7.37. The van der Waals surface area contributed by atoms with Gasteiger partial charge in [0, 0.05) is 25.8 Å². The SMILES string of the molecule is CN(CC(=O)Nc1cccc(-n2[nH]nnc2=S)c1)N1CCCC1. The van der Waals surface area contributed by atoms with Crippen LogP contribution in [0.3, 0.4) is 0 Å². The Morgan fingerprint density at radius 1 is 1.43 bits per heavy atom. The van der Waals surface area contributed by atoms with E-state index in [1.54, 1.807) is 4.68 Å². The number of hydrazine groups is 1. The van der Waals surface area contributed by atoms with Crippen molar-refractivity contribution in [3.8, 4) is 5.69 Å². The van der Waals surface area contributed by atoms with E-state index in [-0.39, 0.29) is 5.91 Å². The molecule has 2 heterocycles. The minimum atomic E-state index is -0.0529. The van der Waals surface area contributed by atoms with Crippen LogP contribution in [-0.2, 0) is 4.79 Å². The third-order valence-electron chi connectivity index (χ3n) is 3.80. The van der Waals surface area contributed by atoms with Gasteiger partial charge in [-0.25, -0.2) is 14.7 Å². The summed E-state index contributed by atoms with van der Waals surface area (Å²) in [7, 11) is 1.94. The van der Waals surface area contributed by atoms with E-state index in [0.717, 1.165) is 18.8 Å². The molecule has 0 saturated carbocycles. The molecule has 1 aliphatic heterocycles. The van der Waals surface area contributed by atoms with Gasteiger partial charge in [-0.15, -0.1) is 0 Å². The Hall–Kier alpha value is -2.10. The van der Waals surface area contributed by atoms with Crippen molar-refractivity contribution >= 4 is 23.8 Å². The second-order valence-corrected chi connectivity index (χ2v) is 5.86. The molecule has 1 aliphatic rings. The first-order chi connectivity index (χ1) is 11.1. The standard InChI is InChI=1S/C14H19N7OS/c1-19(20-7-2-3-8-20)10-13(22)15-11-5-4-6-12(9-11)21-14(23)16-17-18-21/h4-6,9H,2-3,7-8,10H2,1H3,(H,15,22)(H,16,18,23). The van der Waals surface area contributed by atoms with E-state index < -0.39 is 0 Å². The molecule has 1 fully saturated rings. The van der Waals surface area contributed by atoms with Crippen LogP contribution in [0, 0.1) is 4.77 Å². The molecular formula is C14H19N7OS. The zero-order chi connectivity index (χ0) is 16.2. The van der Waals surface area contributed by atoms with E-state index in [4.69, 9.17) is 12.2 Å². The number of benzene rings is 1. The number of tetrazole rings is 1. The van der Waals surface area contributed by atoms with E-state index >= 15 is 0 Å². The molecule has 0 unspecified atom stereocenters. The average Bonchev–Trinajstić information content (AvgIpc) is 3.18. The number of H-pyrrole nitrogens is 1. The van der Waals surface area contributed by atoms with Crippen molar-refractivity contribution in [2.45, 2.75) is 12.8 Å². The summed E-state index contributed by atoms with van der Waals surface area (Å²) >= 11 is 5.08. The molecule has 8 nitrogen and oxygen atoms in total. The minimum Gasteiger partial charge on any atom is -0.325 e. The van der Waals surface area contributed by atoms with E-state index in [9.17, 15) is 4.79 Å². The molecule has 23 heavy (non-hydrogen) atoms. The van der Waals surface area contributed by atoms with Gasteiger partial charge in [-0.3, -0.25) is 4.79 Å². The Kier molecular flexibility index (Phi) is 4.79. The van der Waals surface area contributed by atoms with Crippen LogP contribution in [0.1, 0.15) is 12.8 Å². The molecular weight excluding hydrogens is 314 g/mol. The number of rotatable bonds is 5. The van der Waals surface area contributed by atoms with Crippen LogP contribution in [0.15, 0.2) is 24.3 Å². The van der Waals surface area contributed by atoms with Crippen molar-refractivity contribution in [3.05, 3.63) is 29.0 Å². The van der Waals surface area contributed by atoms with Gasteiger partial charge in [-0.1, -0.05) is 16.4 Å². The molecule has 0 bridgehead atoms. The number of anilines is 1. The fourth-order valence-electron chi connectivity index (χ4n) is 2.64. The van der Waals surface area contributed by atoms with Gasteiger partial charge in [-0.2, -0.15) is 5.21 Å². The molecule has 1 saturated heterocycles. The number of aromatic nitrogens is 4. The molecule has 1 aromatic heterocycles. The third-order valence-corrected chi connectivity index (χ3v) is 4.06. The molecule has 0 atom stereocenters. The first-order valence-electron chi connectivity index (χ1n) is 7.50. The van der Waals surface area contributed by atoms with Crippen LogP contribution in [0.25, 0.3) is 5.69 Å². The maximum Gasteiger partial charge on any atom is 0.242 e. The molecule has 9 heteroatoms. The second kappa shape index (κ2) is 6.99. The lowest BCUT2D eigenvalue weighted by Crippen LogP contribution is -2.42. The number of hydrogen-bond donors (Lipinski definition) is 2. The van der Waals surface area contributed by atoms with E-state index in [2.05, 4.69) is 25.9 Å². The summed E-state index contributed by atoms with van der Waals surface area (Å²) in [6.07, 6.45) is 2.37. The summed E-state index contributed by atoms with van der Waals surface area (Å²) in [6.45, 7) is 2.37. The Bertz CT molecular complexity index is 734. The van der Waals surface area contributed by atoms with Gasteiger partial charge in [0.05, 0.1) is 12.2 Å². The lowest BCUT2D eigenvalue weighted by atomic mass is 10.2. The van der Waals surface area contributed by atoms with Gasteiger partial charge in [0.15, 0.2) is 0 Å². The van der Waals surface area contributed by atoms with Crippen LogP contribution in [0.5, 0.6) is 0 Å². The zero-order valence-corrected chi connectivity index (χ0v) is 13.7. The Labute approximate surface area is 139 Å². The topological polar surface area (TPSA) is 82.1 Å². The normalized spacial score (nSPS) is 15.2. The van der Waals surface area contributed by atoms with Crippen molar-refractivity contribution in [1.82, 2.24) is 30.2 Å². The highest BCUT2D eigenvalue weighted by Crippen LogP contribution is 2.14. The molecule has 1 amide bonds. The third kappa shape index (κ3) is 3.81. The molecule has 2 N–H and O–H groups in total. The van der Waals surface area contributed by atoms with E-state index in [1.165, 1.54) is 12.8 Å². The Balaban J connectivity index is 1.64. The van der Waals surface area contributed by atoms with Crippen LogP contribution >= 0.6 is 12.2 Å². The van der Waals surface area contributed by atoms with Gasteiger partial charge in [0.25, 0.3) is 0 Å². The first kappa shape index (κ1) is 15.8. The van der Waals surface area contributed by atoms with Crippen molar-refractivity contribution in [2.24, 2.45) is 0 Å². The zero-order valence-electron chi connectivity index (χ0n) is 12.9. The van der Waals surface area contributed by atoms with Crippen molar-refractivity contribution in [1.29, 1.82) is 0 Å². The summed E-state index contributed by atoms with van der Waals surface area (Å²) in [4.78, 5) is 12.2. The van der Waals surface area contributed by atoms with Gasteiger partial charge >= 0.3 is 0 Å². The summed E-state index contributed by atoms with van der Waals surface area (Å²) in [5.41, 5.74) is 1.48. The number of nitrogens with zero attached hydrogens (tertiary/aromatic N) is 5. The summed E-state index contributed by atoms with van der Waals surface area (Å²) in [5, 5.41) is 17.2. The summed E-state index contributed by atoms with van der Waals surface area (Å²) in [5.74, 6) is -0.0529. The average molecular weight is 333 g/mol. The Morgan fingerprint density at radius 2 is 2.22 bits per heavy atom. The smallest absolute Gasteiger partial charge is 0.242 e. The minimum absolute atomic E-state index is 0.0529. The lowest BCUT2D eigenvalue weighted by molar-refractivity contribution is -0.120. The highest BCUT2D eigenvalue weighted by molar-refractivity contribution is 7.71. The maximum atomic E-state index is 12.2. The number of carbonyl (C=O) groups is 1. The van der Waals surface area contributed by atoms with Crippen molar-refractivity contribution in [3.63, 3.8) is 0 Å². The predicted octanol–water partition coefficient (Wildman–Crippen LogP) is 1.21. The van der Waals surface area contributed by atoms with Crippen LogP contribution in [0.4, 0.5) is 5.69 Å². The molecule has 0 spiro atoms. The summed E-state index contributed by atoms with van der Waals surface area (Å²) < 4.78 is 1.91. The molecule has 3 rings (SSSR count). The lowest BCUT2D eigenvalue weighted by Gasteiger charge is -2.26. The van der Waals surface area contributed by atoms with Gasteiger partial charge in [-0.05, 0) is 43.3 Å². The highest BCUT2D eigenvalue weighted by atomic mass is 32.1. The van der Waals surface area contributed by atoms with Gasteiger partial charge in [0.1, 0.15) is 0 Å². The first-order valence-corrected chi connectivity index (χ1v) is 7.91. The van der Waals surface area contributed by atoms with Crippen molar-refractivity contribution in [2.75, 3.05) is 32.0 Å². The largest absolute Gasteiger partial charge is 0.325 e. The van der Waals surface area contributed by atoms with Crippen molar-refractivity contribution < 1.29 is 4.79 Å². The fourth-order valence-corrected chi connectivity index (χ4v) is 2.83. The predicted molar refractivity (Wildman–Crippen MR) is 88.6 cm³/mol.